The maximum absolute atomic E-state index is 11.9. The summed E-state index contributed by atoms with van der Waals surface area (Å²) in [7, 11) is 0. The first-order chi connectivity index (χ1) is 13.2. The minimum atomic E-state index is -0.319. The van der Waals surface area contributed by atoms with Crippen LogP contribution in [-0.2, 0) is 11.3 Å². The zero-order valence-corrected chi connectivity index (χ0v) is 15.1. The highest BCUT2D eigenvalue weighted by Gasteiger charge is 2.18. The number of carbonyl (C=O) groups is 1. The lowest BCUT2D eigenvalue weighted by molar-refractivity contribution is -0.119. The van der Waals surface area contributed by atoms with Gasteiger partial charge in [-0.05, 0) is 22.9 Å². The number of phenols is 1. The van der Waals surface area contributed by atoms with Crippen molar-refractivity contribution in [3.63, 3.8) is 0 Å². The van der Waals surface area contributed by atoms with E-state index in [0.717, 1.165) is 32.7 Å². The minimum absolute atomic E-state index is 0.108. The molecule has 0 radical (unpaired) electrons. The summed E-state index contributed by atoms with van der Waals surface area (Å²) in [5.74, 6) is -0.211. The van der Waals surface area contributed by atoms with Gasteiger partial charge < -0.3 is 5.11 Å². The number of nitrogens with zero attached hydrogens (tertiary/aromatic N) is 5. The van der Waals surface area contributed by atoms with Gasteiger partial charge in [0.1, 0.15) is 5.75 Å². The summed E-state index contributed by atoms with van der Waals surface area (Å²) in [5, 5.41) is 20.5. The number of phenolic OH excluding ortho intramolecular Hbond substituents is 1. The Hall–Kier alpha value is -2.90. The molecule has 1 heterocycles. The molecular formula is C20H23N5O2. The lowest BCUT2D eigenvalue weighted by Gasteiger charge is -2.33. The lowest BCUT2D eigenvalue weighted by Crippen LogP contribution is -2.47. The number of rotatable bonds is 6. The normalized spacial score (nSPS) is 16.3. The molecule has 0 unspecified atom stereocenters. The van der Waals surface area contributed by atoms with E-state index in [1.165, 1.54) is 11.8 Å². The molecule has 0 saturated carbocycles. The molecule has 3 rings (SSSR count). The number of carbonyl (C=O) groups excluding carboxylic acids is 1. The van der Waals surface area contributed by atoms with Crippen LogP contribution in [-0.4, -0.2) is 59.8 Å². The van der Waals surface area contributed by atoms with Gasteiger partial charge >= 0.3 is 0 Å². The van der Waals surface area contributed by atoms with Crippen LogP contribution in [0.1, 0.15) is 11.1 Å². The molecule has 2 aromatic carbocycles. The van der Waals surface area contributed by atoms with Crippen LogP contribution in [0.3, 0.4) is 0 Å². The van der Waals surface area contributed by atoms with Crippen molar-refractivity contribution in [1.82, 2.24) is 9.80 Å². The molecule has 0 aromatic heterocycles. The van der Waals surface area contributed by atoms with Gasteiger partial charge in [0.05, 0.1) is 12.8 Å². The molecule has 0 bridgehead atoms. The maximum Gasteiger partial charge on any atom is 0.280 e. The van der Waals surface area contributed by atoms with Crippen LogP contribution < -0.4 is 0 Å². The molecule has 1 fully saturated rings. The van der Waals surface area contributed by atoms with Crippen LogP contribution in [0.2, 0.25) is 0 Å². The molecule has 0 atom stereocenters. The van der Waals surface area contributed by atoms with Gasteiger partial charge in [-0.15, -0.1) is 5.10 Å². The molecule has 2 aromatic rings. The van der Waals surface area contributed by atoms with Crippen molar-refractivity contribution in [3.8, 4) is 5.75 Å². The second-order valence-corrected chi connectivity index (χ2v) is 6.42. The van der Waals surface area contributed by atoms with Crippen LogP contribution in [0, 0.1) is 0 Å². The molecule has 27 heavy (non-hydrogen) atoms. The number of benzene rings is 2. The van der Waals surface area contributed by atoms with Gasteiger partial charge in [-0.1, -0.05) is 47.6 Å². The van der Waals surface area contributed by atoms with Crippen LogP contribution in [0.5, 0.6) is 5.75 Å². The van der Waals surface area contributed by atoms with Crippen molar-refractivity contribution in [3.05, 3.63) is 65.7 Å². The van der Waals surface area contributed by atoms with Crippen molar-refractivity contribution >= 4 is 12.1 Å². The molecule has 7 nitrogen and oxygen atoms in total. The fourth-order valence-electron chi connectivity index (χ4n) is 2.93. The van der Waals surface area contributed by atoms with Gasteiger partial charge in [0.2, 0.25) is 0 Å². The first-order valence-corrected chi connectivity index (χ1v) is 8.94. The zero-order chi connectivity index (χ0) is 18.9. The Morgan fingerprint density at radius 2 is 1.63 bits per heavy atom. The first kappa shape index (κ1) is 18.9. The summed E-state index contributed by atoms with van der Waals surface area (Å²) in [6.07, 6.45) is 1.37. The quantitative estimate of drug-likeness (QED) is 0.485. The number of para-hydroxylation sites is 1. The van der Waals surface area contributed by atoms with E-state index >= 15 is 0 Å². The van der Waals surface area contributed by atoms with E-state index in [9.17, 15) is 9.90 Å². The summed E-state index contributed by atoms with van der Waals surface area (Å²) in [5.41, 5.74) is 1.83. The molecular weight excluding hydrogens is 342 g/mol. The number of hydrogen-bond donors (Lipinski definition) is 1. The summed E-state index contributed by atoms with van der Waals surface area (Å²) < 4.78 is 0. The van der Waals surface area contributed by atoms with Gasteiger partial charge in [0, 0.05) is 38.3 Å². The number of piperazine rings is 1. The van der Waals surface area contributed by atoms with Crippen molar-refractivity contribution in [2.24, 2.45) is 15.4 Å². The van der Waals surface area contributed by atoms with E-state index < -0.39 is 0 Å². The van der Waals surface area contributed by atoms with E-state index in [0.29, 0.717) is 5.56 Å². The van der Waals surface area contributed by atoms with Crippen LogP contribution >= 0.6 is 0 Å². The molecule has 140 valence electrons. The summed E-state index contributed by atoms with van der Waals surface area (Å²) >= 11 is 0. The summed E-state index contributed by atoms with van der Waals surface area (Å²) in [4.78, 5) is 16.4. The maximum atomic E-state index is 11.9. The Morgan fingerprint density at radius 3 is 2.37 bits per heavy atom. The highest BCUT2D eigenvalue weighted by Crippen LogP contribution is 2.12. The largest absolute Gasteiger partial charge is 0.507 e. The summed E-state index contributed by atoms with van der Waals surface area (Å²) in [6, 6.07) is 17.1. The predicted molar refractivity (Wildman–Crippen MR) is 104 cm³/mol. The van der Waals surface area contributed by atoms with Crippen LogP contribution in [0.4, 0.5) is 0 Å². The van der Waals surface area contributed by atoms with Gasteiger partial charge in [0.25, 0.3) is 5.91 Å². The number of hydrogen-bond acceptors (Lipinski definition) is 5. The number of amides is 1. The number of aromatic hydroxyl groups is 1. The van der Waals surface area contributed by atoms with E-state index in [1.54, 1.807) is 24.3 Å². The minimum Gasteiger partial charge on any atom is -0.507 e. The molecule has 1 aliphatic heterocycles. The smallest absolute Gasteiger partial charge is 0.280 e. The Balaban J connectivity index is 1.39. The van der Waals surface area contributed by atoms with Crippen molar-refractivity contribution < 1.29 is 9.90 Å². The first-order valence-electron chi connectivity index (χ1n) is 8.94. The topological polar surface area (TPSA) is 80.9 Å². The third-order valence-electron chi connectivity index (χ3n) is 4.41. The molecule has 0 spiro atoms. The third kappa shape index (κ3) is 6.09. The fraction of sp³-hybridized carbons (Fsp3) is 0.300. The van der Waals surface area contributed by atoms with Crippen molar-refractivity contribution in [2.75, 3.05) is 32.7 Å². The Morgan fingerprint density at radius 1 is 0.963 bits per heavy atom. The lowest BCUT2D eigenvalue weighted by atomic mass is 10.2. The van der Waals surface area contributed by atoms with Crippen molar-refractivity contribution in [2.45, 2.75) is 6.54 Å². The highest BCUT2D eigenvalue weighted by atomic mass is 16.3. The van der Waals surface area contributed by atoms with Crippen LogP contribution in [0.25, 0.3) is 0 Å². The van der Waals surface area contributed by atoms with Gasteiger partial charge in [0.15, 0.2) is 0 Å². The zero-order valence-electron chi connectivity index (χ0n) is 15.1. The van der Waals surface area contributed by atoms with Gasteiger partial charge in [-0.25, -0.2) is 0 Å². The SMILES string of the molecule is O=C(CN1CCN(Cc2ccccc2)CC1)N=N/N=C/c1ccccc1O. The Kier molecular flexibility index (Phi) is 6.78. The Bertz CT molecular complexity index is 799. The molecule has 1 saturated heterocycles. The average molecular weight is 365 g/mol. The van der Waals surface area contributed by atoms with E-state index in [4.69, 9.17) is 0 Å². The second kappa shape index (κ2) is 9.70. The molecule has 7 heteroatoms. The van der Waals surface area contributed by atoms with Crippen LogP contribution in [0.15, 0.2) is 70.0 Å². The Labute approximate surface area is 158 Å². The van der Waals surface area contributed by atoms with Gasteiger partial charge in [-0.3, -0.25) is 14.6 Å². The highest BCUT2D eigenvalue weighted by molar-refractivity contribution is 5.83. The average Bonchev–Trinajstić information content (AvgIpc) is 2.69. The summed E-state index contributed by atoms with van der Waals surface area (Å²) in [6.45, 7) is 4.68. The molecule has 1 amide bonds. The van der Waals surface area contributed by atoms with Gasteiger partial charge in [-0.2, -0.15) is 0 Å². The monoisotopic (exact) mass is 365 g/mol. The van der Waals surface area contributed by atoms with E-state index in [-0.39, 0.29) is 18.2 Å². The van der Waals surface area contributed by atoms with E-state index in [1.807, 2.05) is 6.07 Å². The van der Waals surface area contributed by atoms with E-state index in [2.05, 4.69) is 49.5 Å². The van der Waals surface area contributed by atoms with Crippen molar-refractivity contribution in [1.29, 1.82) is 0 Å². The fourth-order valence-corrected chi connectivity index (χ4v) is 2.93. The molecule has 0 aliphatic carbocycles. The molecule has 1 N–H and O–H groups in total. The molecule has 1 aliphatic rings. The predicted octanol–water partition coefficient (Wildman–Crippen LogP) is 2.52. The standard InChI is InChI=1S/C20H23N5O2/c26-19-9-5-4-8-18(19)14-21-23-22-20(27)16-25-12-10-24(11-13-25)15-17-6-2-1-3-7-17/h1-9,14,26H,10-13,15-16H2/b21-14+,23-22?. The second-order valence-electron chi connectivity index (χ2n) is 6.42. The third-order valence-corrected chi connectivity index (χ3v) is 4.41.